The number of hydrogen-bond donors (Lipinski definition) is 2. The zero-order valence-electron chi connectivity index (χ0n) is 11.1. The maximum atomic E-state index is 13.5. The second kappa shape index (κ2) is 6.13. The molecule has 2 rings (SSSR count). The number of carbonyl (C=O) groups excluding carboxylic acids is 1. The number of phenols is 1. The predicted octanol–water partition coefficient (Wildman–Crippen LogP) is 2.82. The highest BCUT2D eigenvalue weighted by Gasteiger charge is 2.12. The molecule has 0 aliphatic carbocycles. The van der Waals surface area contributed by atoms with Crippen molar-refractivity contribution in [1.29, 1.82) is 0 Å². The molecule has 0 aliphatic rings. The second-order valence-electron chi connectivity index (χ2n) is 4.28. The van der Waals surface area contributed by atoms with Crippen molar-refractivity contribution >= 4 is 11.6 Å². The summed E-state index contributed by atoms with van der Waals surface area (Å²) in [4.78, 5) is 11.8. The molecule has 2 aromatic carbocycles. The maximum absolute atomic E-state index is 13.5. The zero-order valence-corrected chi connectivity index (χ0v) is 11.1. The summed E-state index contributed by atoms with van der Waals surface area (Å²) in [5, 5.41) is 12.8. The first kappa shape index (κ1) is 14.6. The average molecular weight is 290 g/mol. The van der Waals surface area contributed by atoms with Crippen LogP contribution in [0, 0.1) is 11.6 Å². The van der Waals surface area contributed by atoms with Crippen molar-refractivity contribution in [1.82, 2.24) is 5.43 Å². The number of hydrogen-bond acceptors (Lipinski definition) is 3. The average Bonchev–Trinajstić information content (AvgIpc) is 2.45. The smallest absolute Gasteiger partial charge is 0.271 e. The van der Waals surface area contributed by atoms with Gasteiger partial charge in [-0.25, -0.2) is 14.2 Å². The molecule has 4 nitrogen and oxygen atoms in total. The van der Waals surface area contributed by atoms with Crippen molar-refractivity contribution in [3.8, 4) is 5.75 Å². The summed E-state index contributed by atoms with van der Waals surface area (Å²) in [6, 6.07) is 8.97. The number of nitrogens with one attached hydrogen (secondary N) is 1. The highest BCUT2D eigenvalue weighted by Crippen LogP contribution is 2.13. The summed E-state index contributed by atoms with van der Waals surface area (Å²) < 4.78 is 27.1. The fraction of sp³-hybridized carbons (Fsp3) is 0.0667. The summed E-state index contributed by atoms with van der Waals surface area (Å²) >= 11 is 0. The molecular weight excluding hydrogens is 278 g/mol. The molecule has 0 spiro atoms. The molecule has 0 unspecified atom stereocenters. The number of nitrogens with zero attached hydrogens (tertiary/aromatic N) is 1. The van der Waals surface area contributed by atoms with E-state index in [1.54, 1.807) is 0 Å². The van der Waals surface area contributed by atoms with Crippen LogP contribution in [0.3, 0.4) is 0 Å². The molecule has 0 heterocycles. The summed E-state index contributed by atoms with van der Waals surface area (Å²) in [7, 11) is 0. The third kappa shape index (κ3) is 3.42. The normalized spacial score (nSPS) is 11.3. The molecule has 21 heavy (non-hydrogen) atoms. The Bertz CT molecular complexity index is 677. The molecule has 0 atom stereocenters. The first-order chi connectivity index (χ1) is 9.99. The lowest BCUT2D eigenvalue weighted by atomic mass is 10.1. The van der Waals surface area contributed by atoms with E-state index in [1.807, 2.05) is 0 Å². The molecule has 0 bridgehead atoms. The van der Waals surface area contributed by atoms with Crippen LogP contribution in [0.1, 0.15) is 22.8 Å². The Morgan fingerprint density at radius 1 is 1.10 bits per heavy atom. The Morgan fingerprint density at radius 3 is 2.24 bits per heavy atom. The van der Waals surface area contributed by atoms with E-state index >= 15 is 0 Å². The number of rotatable bonds is 3. The van der Waals surface area contributed by atoms with E-state index in [0.717, 1.165) is 12.1 Å². The second-order valence-corrected chi connectivity index (χ2v) is 4.28. The van der Waals surface area contributed by atoms with Gasteiger partial charge in [0, 0.05) is 5.56 Å². The third-order valence-electron chi connectivity index (χ3n) is 2.78. The quantitative estimate of drug-likeness (QED) is 0.674. The van der Waals surface area contributed by atoms with Crippen molar-refractivity contribution in [2.45, 2.75) is 6.92 Å². The number of halogens is 2. The Hall–Kier alpha value is -2.76. The highest BCUT2D eigenvalue weighted by atomic mass is 19.1. The van der Waals surface area contributed by atoms with Crippen molar-refractivity contribution in [3.63, 3.8) is 0 Å². The Labute approximate surface area is 119 Å². The minimum atomic E-state index is -0.755. The first-order valence-corrected chi connectivity index (χ1v) is 6.07. The maximum Gasteiger partial charge on any atom is 0.271 e. The summed E-state index contributed by atoms with van der Waals surface area (Å²) in [5.41, 5.74) is 2.19. The Morgan fingerprint density at radius 2 is 1.67 bits per heavy atom. The molecule has 1 amide bonds. The molecule has 2 N–H and O–H groups in total. The number of aromatic hydroxyl groups is 1. The largest absolute Gasteiger partial charge is 0.508 e. The van der Waals surface area contributed by atoms with Crippen LogP contribution in [0.4, 0.5) is 8.78 Å². The van der Waals surface area contributed by atoms with Crippen molar-refractivity contribution in [2.75, 3.05) is 0 Å². The van der Waals surface area contributed by atoms with Crippen molar-refractivity contribution in [3.05, 3.63) is 65.2 Å². The molecule has 0 fully saturated rings. The SMILES string of the molecule is C/C(=N/NC(=O)c1ccc(O)cc1)c1c(F)cccc1F. The van der Waals surface area contributed by atoms with Gasteiger partial charge in [0.2, 0.25) is 0 Å². The summed E-state index contributed by atoms with van der Waals surface area (Å²) in [5.74, 6) is -2.03. The molecule has 0 aromatic heterocycles. The first-order valence-electron chi connectivity index (χ1n) is 6.07. The van der Waals surface area contributed by atoms with Gasteiger partial charge in [-0.3, -0.25) is 4.79 Å². The Balaban J connectivity index is 2.17. The molecule has 0 aliphatic heterocycles. The van der Waals surface area contributed by atoms with Gasteiger partial charge in [-0.15, -0.1) is 0 Å². The number of phenolic OH excluding ortho intramolecular Hbond substituents is 1. The molecule has 2 aromatic rings. The topological polar surface area (TPSA) is 61.7 Å². The van der Waals surface area contributed by atoms with E-state index < -0.39 is 17.5 Å². The lowest BCUT2D eigenvalue weighted by Gasteiger charge is -2.05. The molecule has 6 heteroatoms. The van der Waals surface area contributed by atoms with Crippen LogP contribution in [-0.4, -0.2) is 16.7 Å². The number of benzene rings is 2. The molecular formula is C15H12F2N2O2. The van der Waals surface area contributed by atoms with Gasteiger partial charge in [0.1, 0.15) is 17.4 Å². The summed E-state index contributed by atoms with van der Waals surface area (Å²) in [6.07, 6.45) is 0. The third-order valence-corrected chi connectivity index (χ3v) is 2.78. The van der Waals surface area contributed by atoms with Gasteiger partial charge in [-0.2, -0.15) is 5.10 Å². The van der Waals surface area contributed by atoms with Crippen LogP contribution in [0.25, 0.3) is 0 Å². The lowest BCUT2D eigenvalue weighted by Crippen LogP contribution is -2.19. The minimum Gasteiger partial charge on any atom is -0.508 e. The van der Waals surface area contributed by atoms with E-state index in [9.17, 15) is 13.6 Å². The Kier molecular flexibility index (Phi) is 4.27. The van der Waals surface area contributed by atoms with Crippen LogP contribution in [-0.2, 0) is 0 Å². The highest BCUT2D eigenvalue weighted by molar-refractivity contribution is 6.01. The molecule has 108 valence electrons. The fourth-order valence-electron chi connectivity index (χ4n) is 1.71. The van der Waals surface area contributed by atoms with Gasteiger partial charge in [0.15, 0.2) is 0 Å². The standard InChI is InChI=1S/C15H12F2N2O2/c1-9(14-12(16)3-2-4-13(14)17)18-19-15(21)10-5-7-11(20)8-6-10/h2-8,20H,1H3,(H,19,21)/b18-9-. The molecule has 0 saturated heterocycles. The van der Waals surface area contributed by atoms with E-state index in [0.29, 0.717) is 0 Å². The lowest BCUT2D eigenvalue weighted by molar-refractivity contribution is 0.0955. The van der Waals surface area contributed by atoms with Gasteiger partial charge < -0.3 is 5.11 Å². The van der Waals surface area contributed by atoms with Gasteiger partial charge in [0.05, 0.1) is 11.3 Å². The van der Waals surface area contributed by atoms with Crippen molar-refractivity contribution < 1.29 is 18.7 Å². The van der Waals surface area contributed by atoms with Gasteiger partial charge >= 0.3 is 0 Å². The predicted molar refractivity (Wildman–Crippen MR) is 74.1 cm³/mol. The van der Waals surface area contributed by atoms with E-state index in [-0.39, 0.29) is 22.6 Å². The molecule has 0 saturated carbocycles. The van der Waals surface area contributed by atoms with E-state index in [1.165, 1.54) is 37.3 Å². The summed E-state index contributed by atoms with van der Waals surface area (Å²) in [6.45, 7) is 1.39. The van der Waals surface area contributed by atoms with Crippen LogP contribution in [0.15, 0.2) is 47.6 Å². The monoisotopic (exact) mass is 290 g/mol. The van der Waals surface area contributed by atoms with Crippen LogP contribution >= 0.6 is 0 Å². The van der Waals surface area contributed by atoms with Crippen LogP contribution in [0.2, 0.25) is 0 Å². The number of hydrazone groups is 1. The van der Waals surface area contributed by atoms with Crippen LogP contribution in [0.5, 0.6) is 5.75 Å². The molecule has 0 radical (unpaired) electrons. The van der Waals surface area contributed by atoms with Crippen LogP contribution < -0.4 is 5.43 Å². The van der Waals surface area contributed by atoms with Gasteiger partial charge in [-0.05, 0) is 43.3 Å². The van der Waals surface area contributed by atoms with Gasteiger partial charge in [-0.1, -0.05) is 6.07 Å². The van der Waals surface area contributed by atoms with Gasteiger partial charge in [0.25, 0.3) is 5.91 Å². The van der Waals surface area contributed by atoms with E-state index in [4.69, 9.17) is 5.11 Å². The fourth-order valence-corrected chi connectivity index (χ4v) is 1.71. The number of amides is 1. The zero-order chi connectivity index (χ0) is 15.4. The number of carbonyl (C=O) groups is 1. The minimum absolute atomic E-state index is 0.0118. The van der Waals surface area contributed by atoms with E-state index in [2.05, 4.69) is 10.5 Å². The van der Waals surface area contributed by atoms with Crippen molar-refractivity contribution in [2.24, 2.45) is 5.10 Å².